The summed E-state index contributed by atoms with van der Waals surface area (Å²) in [6, 6.07) is 17.8. The van der Waals surface area contributed by atoms with Crippen LogP contribution >= 0.6 is 11.6 Å². The quantitative estimate of drug-likeness (QED) is 0.633. The number of aromatic nitrogens is 2. The van der Waals surface area contributed by atoms with Crippen molar-refractivity contribution in [3.8, 4) is 5.75 Å². The van der Waals surface area contributed by atoms with Crippen LogP contribution in [-0.4, -0.2) is 22.2 Å². The van der Waals surface area contributed by atoms with Gasteiger partial charge in [-0.25, -0.2) is 0 Å². The molecule has 2 aromatic carbocycles. The van der Waals surface area contributed by atoms with Crippen LogP contribution in [0.4, 0.5) is 17.2 Å². The highest BCUT2D eigenvalue weighted by molar-refractivity contribution is 6.30. The Morgan fingerprint density at radius 1 is 1.04 bits per heavy atom. The zero-order chi connectivity index (χ0) is 19.2. The molecule has 7 heteroatoms. The number of ether oxygens (including phenoxy) is 1. The molecule has 0 aliphatic rings. The molecule has 0 spiro atoms. The van der Waals surface area contributed by atoms with Gasteiger partial charge in [0.2, 0.25) is 0 Å². The Morgan fingerprint density at radius 3 is 2.56 bits per heavy atom. The molecule has 3 rings (SSSR count). The van der Waals surface area contributed by atoms with Crippen molar-refractivity contribution in [2.24, 2.45) is 0 Å². The number of nitrogens with zero attached hydrogens (tertiary/aromatic N) is 2. The number of anilines is 3. The van der Waals surface area contributed by atoms with Gasteiger partial charge in [-0.2, -0.15) is 0 Å². The van der Waals surface area contributed by atoms with Gasteiger partial charge in [0, 0.05) is 10.7 Å². The minimum atomic E-state index is -0.361. The normalized spacial score (nSPS) is 10.5. The SMILES string of the molecule is CC(C)Oc1ccccc1Nc1ccc(C(=O)Nc2cccc(Cl)c2)nn1. The highest BCUT2D eigenvalue weighted by Crippen LogP contribution is 2.27. The molecule has 0 bridgehead atoms. The molecule has 27 heavy (non-hydrogen) atoms. The fraction of sp³-hybridized carbons (Fsp3) is 0.150. The Labute approximate surface area is 162 Å². The Hall–Kier alpha value is -3.12. The second-order valence-electron chi connectivity index (χ2n) is 6.06. The van der Waals surface area contributed by atoms with Gasteiger partial charge in [-0.05, 0) is 56.3 Å². The molecule has 6 nitrogen and oxygen atoms in total. The zero-order valence-corrected chi connectivity index (χ0v) is 15.7. The molecule has 0 aliphatic heterocycles. The van der Waals surface area contributed by atoms with Crippen LogP contribution < -0.4 is 15.4 Å². The largest absolute Gasteiger partial charge is 0.489 e. The molecule has 0 fully saturated rings. The number of carbonyl (C=O) groups is 1. The summed E-state index contributed by atoms with van der Waals surface area (Å²) in [5, 5.41) is 14.5. The Kier molecular flexibility index (Phi) is 5.88. The van der Waals surface area contributed by atoms with Crippen LogP contribution in [-0.2, 0) is 0 Å². The fourth-order valence-corrected chi connectivity index (χ4v) is 2.54. The third-order valence-electron chi connectivity index (χ3n) is 3.49. The lowest BCUT2D eigenvalue weighted by Crippen LogP contribution is -2.14. The van der Waals surface area contributed by atoms with E-state index in [0.717, 1.165) is 11.4 Å². The van der Waals surface area contributed by atoms with Gasteiger partial charge in [0.15, 0.2) is 11.5 Å². The highest BCUT2D eigenvalue weighted by atomic mass is 35.5. The number of halogens is 1. The van der Waals surface area contributed by atoms with Crippen molar-refractivity contribution < 1.29 is 9.53 Å². The van der Waals surface area contributed by atoms with Crippen LogP contribution in [0.1, 0.15) is 24.3 Å². The van der Waals surface area contributed by atoms with Crippen LogP contribution in [0.25, 0.3) is 0 Å². The van der Waals surface area contributed by atoms with Gasteiger partial charge in [0.25, 0.3) is 5.91 Å². The predicted octanol–water partition coefficient (Wildman–Crippen LogP) is 4.91. The molecular weight excluding hydrogens is 364 g/mol. The van der Waals surface area contributed by atoms with E-state index >= 15 is 0 Å². The second kappa shape index (κ2) is 8.51. The lowest BCUT2D eigenvalue weighted by atomic mass is 10.2. The van der Waals surface area contributed by atoms with Crippen molar-refractivity contribution in [1.82, 2.24) is 10.2 Å². The van der Waals surface area contributed by atoms with Crippen molar-refractivity contribution in [2.45, 2.75) is 20.0 Å². The molecule has 138 valence electrons. The molecule has 1 aromatic heterocycles. The molecule has 1 amide bonds. The molecule has 0 unspecified atom stereocenters. The van der Waals surface area contributed by atoms with E-state index in [2.05, 4.69) is 20.8 Å². The summed E-state index contributed by atoms with van der Waals surface area (Å²) in [5.74, 6) is 0.867. The number of rotatable bonds is 6. The Morgan fingerprint density at radius 2 is 1.85 bits per heavy atom. The average Bonchev–Trinajstić information content (AvgIpc) is 2.63. The first-order chi connectivity index (χ1) is 13.0. The molecule has 0 radical (unpaired) electrons. The summed E-state index contributed by atoms with van der Waals surface area (Å²) in [4.78, 5) is 12.3. The number of para-hydroxylation sites is 2. The number of hydrogen-bond acceptors (Lipinski definition) is 5. The average molecular weight is 383 g/mol. The third-order valence-corrected chi connectivity index (χ3v) is 3.73. The first-order valence-corrected chi connectivity index (χ1v) is 8.82. The first-order valence-electron chi connectivity index (χ1n) is 8.44. The van der Waals surface area contributed by atoms with Gasteiger partial charge in [0.1, 0.15) is 5.75 Å². The Balaban J connectivity index is 1.70. The molecule has 1 heterocycles. The van der Waals surface area contributed by atoms with Crippen molar-refractivity contribution in [3.05, 3.63) is 71.4 Å². The Bertz CT molecular complexity index is 929. The van der Waals surface area contributed by atoms with Crippen LogP contribution in [0, 0.1) is 0 Å². The van der Waals surface area contributed by atoms with Crippen LogP contribution in [0.2, 0.25) is 5.02 Å². The summed E-state index contributed by atoms with van der Waals surface area (Å²) < 4.78 is 5.77. The topological polar surface area (TPSA) is 76.1 Å². The van der Waals surface area contributed by atoms with Crippen molar-refractivity contribution in [1.29, 1.82) is 0 Å². The molecular formula is C20H19ClN4O2. The van der Waals surface area contributed by atoms with E-state index in [0.29, 0.717) is 16.5 Å². The van der Waals surface area contributed by atoms with Crippen LogP contribution in [0.15, 0.2) is 60.7 Å². The van der Waals surface area contributed by atoms with Gasteiger partial charge in [-0.3, -0.25) is 4.79 Å². The third kappa shape index (κ3) is 5.18. The van der Waals surface area contributed by atoms with E-state index in [1.54, 1.807) is 36.4 Å². The molecule has 0 atom stereocenters. The fourth-order valence-electron chi connectivity index (χ4n) is 2.35. The number of benzene rings is 2. The van der Waals surface area contributed by atoms with E-state index in [9.17, 15) is 4.79 Å². The number of nitrogens with one attached hydrogen (secondary N) is 2. The van der Waals surface area contributed by atoms with Crippen molar-refractivity contribution in [3.63, 3.8) is 0 Å². The molecule has 0 saturated carbocycles. The van der Waals surface area contributed by atoms with E-state index in [4.69, 9.17) is 16.3 Å². The summed E-state index contributed by atoms with van der Waals surface area (Å²) >= 11 is 5.92. The maximum absolute atomic E-state index is 12.3. The van der Waals surface area contributed by atoms with Crippen molar-refractivity contribution >= 4 is 34.7 Å². The van der Waals surface area contributed by atoms with Gasteiger partial charge >= 0.3 is 0 Å². The standard InChI is InChI=1S/C20H19ClN4O2/c1-13(2)27-18-9-4-3-8-16(18)23-19-11-10-17(24-25-19)20(26)22-15-7-5-6-14(21)12-15/h3-13H,1-2H3,(H,22,26)(H,23,25). The first kappa shape index (κ1) is 18.7. The number of hydrogen-bond donors (Lipinski definition) is 2. The maximum Gasteiger partial charge on any atom is 0.276 e. The van der Waals surface area contributed by atoms with Gasteiger partial charge in [-0.1, -0.05) is 29.8 Å². The van der Waals surface area contributed by atoms with E-state index in [1.165, 1.54) is 0 Å². The van der Waals surface area contributed by atoms with Crippen molar-refractivity contribution in [2.75, 3.05) is 10.6 Å². The second-order valence-corrected chi connectivity index (χ2v) is 6.49. The highest BCUT2D eigenvalue weighted by Gasteiger charge is 2.10. The zero-order valence-electron chi connectivity index (χ0n) is 14.9. The summed E-state index contributed by atoms with van der Waals surface area (Å²) in [6.07, 6.45) is 0.0524. The lowest BCUT2D eigenvalue weighted by Gasteiger charge is -2.14. The predicted molar refractivity (Wildman–Crippen MR) is 107 cm³/mol. The summed E-state index contributed by atoms with van der Waals surface area (Å²) in [5.41, 5.74) is 1.57. The molecule has 0 saturated heterocycles. The van der Waals surface area contributed by atoms with E-state index in [-0.39, 0.29) is 17.7 Å². The van der Waals surface area contributed by atoms with Gasteiger partial charge < -0.3 is 15.4 Å². The summed E-state index contributed by atoms with van der Waals surface area (Å²) in [6.45, 7) is 3.92. The smallest absolute Gasteiger partial charge is 0.276 e. The summed E-state index contributed by atoms with van der Waals surface area (Å²) in [7, 11) is 0. The minimum absolute atomic E-state index is 0.0524. The van der Waals surface area contributed by atoms with Crippen LogP contribution in [0.5, 0.6) is 5.75 Å². The maximum atomic E-state index is 12.3. The van der Waals surface area contributed by atoms with Crippen LogP contribution in [0.3, 0.4) is 0 Å². The van der Waals surface area contributed by atoms with E-state index in [1.807, 2.05) is 38.1 Å². The molecule has 2 N–H and O–H groups in total. The van der Waals surface area contributed by atoms with Gasteiger partial charge in [-0.15, -0.1) is 10.2 Å². The van der Waals surface area contributed by atoms with E-state index < -0.39 is 0 Å². The number of amides is 1. The van der Waals surface area contributed by atoms with Gasteiger partial charge in [0.05, 0.1) is 11.8 Å². The molecule has 3 aromatic rings. The number of carbonyl (C=O) groups excluding carboxylic acids is 1. The lowest BCUT2D eigenvalue weighted by molar-refractivity contribution is 0.102. The monoisotopic (exact) mass is 382 g/mol. The minimum Gasteiger partial charge on any atom is -0.489 e. The molecule has 0 aliphatic carbocycles.